The Hall–Kier alpha value is -0.800. The van der Waals surface area contributed by atoms with Crippen LogP contribution in [0.5, 0.6) is 0 Å². The summed E-state index contributed by atoms with van der Waals surface area (Å²) in [5.41, 5.74) is 0. The molecule has 0 saturated heterocycles. The summed E-state index contributed by atoms with van der Waals surface area (Å²) in [6, 6.07) is 0. The second kappa shape index (κ2) is 4.36. The molecule has 0 aromatic carbocycles. The molecule has 0 aliphatic carbocycles. The highest BCUT2D eigenvalue weighted by Gasteiger charge is 1.88. The van der Waals surface area contributed by atoms with Crippen LogP contribution in [0.1, 0.15) is 13.3 Å². The molecular weight excluding hydrogens is 108 g/mol. The standard InChI is InChI=1S/C4H10N2O2/c1-3-4-6(7)5-8-2/h3-4H2,1-2H3/b6-5-. The Bertz CT molecular complexity index is 82.1. The van der Waals surface area contributed by atoms with Crippen molar-refractivity contribution in [3.63, 3.8) is 0 Å². The van der Waals surface area contributed by atoms with Crippen LogP contribution in [-0.4, -0.2) is 18.5 Å². The molecule has 0 fully saturated rings. The third-order valence-corrected chi connectivity index (χ3v) is 0.588. The van der Waals surface area contributed by atoms with Gasteiger partial charge in [0.05, 0.1) is 0 Å². The zero-order chi connectivity index (χ0) is 6.41. The summed E-state index contributed by atoms with van der Waals surface area (Å²) in [5, 5.41) is 13.4. The lowest BCUT2D eigenvalue weighted by Gasteiger charge is -1.93. The first-order valence-electron chi connectivity index (χ1n) is 2.50. The van der Waals surface area contributed by atoms with Crippen LogP contribution in [0.4, 0.5) is 0 Å². The summed E-state index contributed by atoms with van der Waals surface area (Å²) in [5.74, 6) is 0. The van der Waals surface area contributed by atoms with Gasteiger partial charge in [-0.15, -0.1) is 0 Å². The van der Waals surface area contributed by atoms with E-state index in [4.69, 9.17) is 0 Å². The summed E-state index contributed by atoms with van der Waals surface area (Å²) in [7, 11) is 1.35. The van der Waals surface area contributed by atoms with Crippen LogP contribution in [0.3, 0.4) is 0 Å². The average molecular weight is 118 g/mol. The monoisotopic (exact) mass is 118 g/mol. The summed E-state index contributed by atoms with van der Waals surface area (Å²) < 4.78 is 0. The number of rotatable bonds is 3. The molecule has 0 N–H and O–H groups in total. The van der Waals surface area contributed by atoms with E-state index in [0.717, 1.165) is 6.42 Å². The molecule has 0 atom stereocenters. The Kier molecular flexibility index (Phi) is 3.93. The number of nitrogens with zero attached hydrogens (tertiary/aromatic N) is 2. The van der Waals surface area contributed by atoms with Gasteiger partial charge in [0, 0.05) is 6.42 Å². The molecule has 0 aliphatic rings. The van der Waals surface area contributed by atoms with Crippen LogP contribution in [-0.2, 0) is 4.84 Å². The molecule has 0 aliphatic heterocycles. The maximum atomic E-state index is 10.3. The molecule has 0 aromatic heterocycles. The van der Waals surface area contributed by atoms with E-state index in [-0.39, 0.29) is 0 Å². The van der Waals surface area contributed by atoms with Crippen molar-refractivity contribution in [2.75, 3.05) is 13.7 Å². The zero-order valence-corrected chi connectivity index (χ0v) is 5.13. The van der Waals surface area contributed by atoms with E-state index < -0.39 is 0 Å². The van der Waals surface area contributed by atoms with Crippen LogP contribution in [0.25, 0.3) is 0 Å². The van der Waals surface area contributed by atoms with E-state index in [1.165, 1.54) is 7.11 Å². The lowest BCUT2D eigenvalue weighted by atomic mass is 10.5. The van der Waals surface area contributed by atoms with Gasteiger partial charge >= 0.3 is 0 Å². The molecule has 0 rings (SSSR count). The Balaban J connectivity index is 3.29. The maximum Gasteiger partial charge on any atom is 0.199 e. The minimum absolute atomic E-state index is 0.397. The second-order valence-electron chi connectivity index (χ2n) is 1.34. The van der Waals surface area contributed by atoms with Crippen LogP contribution in [0.2, 0.25) is 0 Å². The molecule has 0 heterocycles. The van der Waals surface area contributed by atoms with Crippen molar-refractivity contribution in [3.05, 3.63) is 5.21 Å². The molecule has 4 heteroatoms. The largest absolute Gasteiger partial charge is 0.597 e. The summed E-state index contributed by atoms with van der Waals surface area (Å²) in [6.45, 7) is 2.30. The number of hydrogen-bond acceptors (Lipinski definition) is 3. The predicted molar refractivity (Wildman–Crippen MR) is 28.2 cm³/mol. The number of hydrogen-bond donors (Lipinski definition) is 0. The lowest BCUT2D eigenvalue weighted by molar-refractivity contribution is -0.557. The Labute approximate surface area is 48.3 Å². The molecular formula is C4H10N2O2. The third kappa shape index (κ3) is 3.39. The van der Waals surface area contributed by atoms with Crippen LogP contribution < -0.4 is 0 Å². The van der Waals surface area contributed by atoms with Crippen molar-refractivity contribution in [1.82, 2.24) is 0 Å². The molecule has 0 saturated carbocycles. The normalized spacial score (nSPS) is 11.5. The lowest BCUT2D eigenvalue weighted by Crippen LogP contribution is -2.00. The van der Waals surface area contributed by atoms with Crippen molar-refractivity contribution in [2.45, 2.75) is 13.3 Å². The Morgan fingerprint density at radius 2 is 2.38 bits per heavy atom. The van der Waals surface area contributed by atoms with Crippen molar-refractivity contribution < 1.29 is 9.70 Å². The van der Waals surface area contributed by atoms with Crippen molar-refractivity contribution in [3.8, 4) is 0 Å². The van der Waals surface area contributed by atoms with Crippen LogP contribution in [0, 0.1) is 5.21 Å². The van der Waals surface area contributed by atoms with Gasteiger partial charge in [-0.1, -0.05) is 11.8 Å². The van der Waals surface area contributed by atoms with Crippen molar-refractivity contribution in [1.29, 1.82) is 0 Å². The fourth-order valence-electron chi connectivity index (χ4n) is 0.323. The molecule has 0 unspecified atom stereocenters. The van der Waals surface area contributed by atoms with Gasteiger partial charge in [-0.2, -0.15) is 0 Å². The molecule has 4 nitrogen and oxygen atoms in total. The Morgan fingerprint density at radius 1 is 1.75 bits per heavy atom. The van der Waals surface area contributed by atoms with E-state index in [2.05, 4.69) is 10.1 Å². The minimum Gasteiger partial charge on any atom is -0.597 e. The van der Waals surface area contributed by atoms with Gasteiger partial charge in [0.1, 0.15) is 7.11 Å². The smallest absolute Gasteiger partial charge is 0.199 e. The van der Waals surface area contributed by atoms with Crippen molar-refractivity contribution in [2.24, 2.45) is 5.28 Å². The molecule has 8 heavy (non-hydrogen) atoms. The van der Waals surface area contributed by atoms with Crippen LogP contribution >= 0.6 is 0 Å². The van der Waals surface area contributed by atoms with Gasteiger partial charge < -0.3 is 10.0 Å². The third-order valence-electron chi connectivity index (χ3n) is 0.588. The fourth-order valence-corrected chi connectivity index (χ4v) is 0.323. The summed E-state index contributed by atoms with van der Waals surface area (Å²) in [6.07, 6.45) is 0.788. The van der Waals surface area contributed by atoms with E-state index in [0.29, 0.717) is 11.4 Å². The minimum atomic E-state index is 0.397. The first kappa shape index (κ1) is 7.20. The van der Waals surface area contributed by atoms with Crippen molar-refractivity contribution >= 4 is 0 Å². The molecule has 0 bridgehead atoms. The first-order valence-corrected chi connectivity index (χ1v) is 2.50. The zero-order valence-electron chi connectivity index (χ0n) is 5.13. The average Bonchev–Trinajstić information content (AvgIpc) is 1.68. The number of hydroxylamine groups is 1. The Morgan fingerprint density at radius 3 is 2.75 bits per heavy atom. The molecule has 0 spiro atoms. The van der Waals surface area contributed by atoms with Gasteiger partial charge in [0.15, 0.2) is 11.8 Å². The highest BCUT2D eigenvalue weighted by atomic mass is 16.7. The molecule has 48 valence electrons. The van der Waals surface area contributed by atoms with Gasteiger partial charge in [-0.3, -0.25) is 0 Å². The molecule has 0 radical (unpaired) electrons. The SMILES string of the molecule is CCC/[N+]([O-])=N/OC. The van der Waals surface area contributed by atoms with Gasteiger partial charge in [-0.05, 0) is 0 Å². The molecule has 0 aromatic rings. The predicted octanol–water partition coefficient (Wildman–Crippen LogP) is 0.920. The maximum absolute atomic E-state index is 10.3. The van der Waals surface area contributed by atoms with E-state index in [1.807, 2.05) is 6.92 Å². The second-order valence-corrected chi connectivity index (χ2v) is 1.34. The topological polar surface area (TPSA) is 47.7 Å². The van der Waals surface area contributed by atoms with Crippen LogP contribution in [0.15, 0.2) is 5.28 Å². The van der Waals surface area contributed by atoms with Gasteiger partial charge in [-0.25, -0.2) is 0 Å². The van der Waals surface area contributed by atoms with Gasteiger partial charge in [0.25, 0.3) is 0 Å². The first-order chi connectivity index (χ1) is 3.81. The van der Waals surface area contributed by atoms with E-state index in [1.54, 1.807) is 0 Å². The van der Waals surface area contributed by atoms with E-state index in [9.17, 15) is 5.21 Å². The van der Waals surface area contributed by atoms with Gasteiger partial charge in [0.2, 0.25) is 0 Å². The van der Waals surface area contributed by atoms with E-state index >= 15 is 0 Å². The quantitative estimate of drug-likeness (QED) is 0.314. The molecule has 0 amide bonds. The fraction of sp³-hybridized carbons (Fsp3) is 1.00. The highest BCUT2D eigenvalue weighted by molar-refractivity contribution is 4.16. The summed E-state index contributed by atoms with van der Waals surface area (Å²) in [4.78, 5) is 4.71. The summed E-state index contributed by atoms with van der Waals surface area (Å²) >= 11 is 0. The highest BCUT2D eigenvalue weighted by Crippen LogP contribution is 1.79.